The molecule has 104 valence electrons. The molecule has 0 saturated heterocycles. The van der Waals surface area contributed by atoms with E-state index in [0.29, 0.717) is 0 Å². The summed E-state index contributed by atoms with van der Waals surface area (Å²) < 4.78 is 0. The SMILES string of the molecule is CCCCN(C)Cc1ccc(C=NN=C(N)N)cc1. The third-order valence-electron chi connectivity index (χ3n) is 2.71. The van der Waals surface area contributed by atoms with Crippen molar-refractivity contribution in [1.29, 1.82) is 0 Å². The Bertz CT molecular complexity index is 418. The fraction of sp³-hybridized carbons (Fsp3) is 0.429. The predicted molar refractivity (Wildman–Crippen MR) is 81.1 cm³/mol. The molecule has 4 N–H and O–H groups in total. The molecule has 0 aliphatic carbocycles. The maximum atomic E-state index is 5.18. The van der Waals surface area contributed by atoms with Gasteiger partial charge >= 0.3 is 0 Å². The maximum absolute atomic E-state index is 5.18. The van der Waals surface area contributed by atoms with Gasteiger partial charge in [-0.3, -0.25) is 0 Å². The highest BCUT2D eigenvalue weighted by atomic mass is 15.3. The number of nitrogens with two attached hydrogens (primary N) is 2. The van der Waals surface area contributed by atoms with Gasteiger partial charge in [0.2, 0.25) is 5.96 Å². The number of hydrogen-bond donors (Lipinski definition) is 2. The lowest BCUT2D eigenvalue weighted by atomic mass is 10.1. The van der Waals surface area contributed by atoms with Gasteiger partial charge in [-0.25, -0.2) is 0 Å². The quantitative estimate of drug-likeness (QED) is 0.444. The number of unbranched alkanes of at least 4 members (excludes halogenated alkanes) is 1. The second-order valence-corrected chi connectivity index (χ2v) is 4.60. The Labute approximate surface area is 115 Å². The number of benzene rings is 1. The standard InChI is InChI=1S/C14H23N5/c1-3-4-9-19(2)11-13-7-5-12(6-8-13)10-17-18-14(15)16/h5-8,10H,3-4,9,11H2,1-2H3,(H4,15,16,18). The molecule has 0 heterocycles. The molecule has 0 aliphatic heterocycles. The van der Waals surface area contributed by atoms with Gasteiger partial charge in [0.05, 0.1) is 6.21 Å². The van der Waals surface area contributed by atoms with E-state index >= 15 is 0 Å². The summed E-state index contributed by atoms with van der Waals surface area (Å²) in [6, 6.07) is 8.21. The van der Waals surface area contributed by atoms with E-state index in [1.54, 1.807) is 6.21 Å². The Balaban J connectivity index is 2.52. The third-order valence-corrected chi connectivity index (χ3v) is 2.71. The van der Waals surface area contributed by atoms with E-state index in [-0.39, 0.29) is 5.96 Å². The van der Waals surface area contributed by atoms with Crippen molar-refractivity contribution in [2.24, 2.45) is 21.7 Å². The molecule has 0 radical (unpaired) electrons. The topological polar surface area (TPSA) is 80.0 Å². The Kier molecular flexibility index (Phi) is 6.60. The van der Waals surface area contributed by atoms with Crippen LogP contribution < -0.4 is 11.5 Å². The first-order valence-corrected chi connectivity index (χ1v) is 6.51. The van der Waals surface area contributed by atoms with Gasteiger partial charge in [0.25, 0.3) is 0 Å². The molecule has 0 spiro atoms. The largest absolute Gasteiger partial charge is 0.369 e. The van der Waals surface area contributed by atoms with E-state index in [2.05, 4.69) is 41.2 Å². The Morgan fingerprint density at radius 3 is 2.53 bits per heavy atom. The second-order valence-electron chi connectivity index (χ2n) is 4.60. The van der Waals surface area contributed by atoms with Crippen molar-refractivity contribution in [3.05, 3.63) is 35.4 Å². The smallest absolute Gasteiger partial charge is 0.211 e. The molecule has 0 amide bonds. The van der Waals surface area contributed by atoms with Crippen molar-refractivity contribution in [3.63, 3.8) is 0 Å². The van der Waals surface area contributed by atoms with Crippen LogP contribution in [0.3, 0.4) is 0 Å². The molecular weight excluding hydrogens is 238 g/mol. The molecule has 0 aromatic heterocycles. The molecule has 5 nitrogen and oxygen atoms in total. The minimum atomic E-state index is -0.0366. The minimum absolute atomic E-state index is 0.0366. The zero-order valence-electron chi connectivity index (χ0n) is 11.7. The van der Waals surface area contributed by atoms with Crippen molar-refractivity contribution >= 4 is 12.2 Å². The molecule has 19 heavy (non-hydrogen) atoms. The van der Waals surface area contributed by atoms with E-state index in [1.165, 1.54) is 18.4 Å². The van der Waals surface area contributed by atoms with Crippen molar-refractivity contribution < 1.29 is 0 Å². The van der Waals surface area contributed by atoms with Gasteiger partial charge in [0, 0.05) is 6.54 Å². The van der Waals surface area contributed by atoms with Crippen LogP contribution in [0.1, 0.15) is 30.9 Å². The van der Waals surface area contributed by atoms with Crippen LogP contribution in [0.2, 0.25) is 0 Å². The minimum Gasteiger partial charge on any atom is -0.369 e. The van der Waals surface area contributed by atoms with E-state index in [1.807, 2.05) is 12.1 Å². The van der Waals surface area contributed by atoms with Gasteiger partial charge in [-0.05, 0) is 31.1 Å². The highest BCUT2D eigenvalue weighted by molar-refractivity contribution is 5.81. The number of nitrogens with zero attached hydrogens (tertiary/aromatic N) is 3. The number of hydrogen-bond acceptors (Lipinski definition) is 3. The Morgan fingerprint density at radius 1 is 1.26 bits per heavy atom. The Morgan fingerprint density at radius 2 is 1.95 bits per heavy atom. The first kappa shape index (κ1) is 15.2. The summed E-state index contributed by atoms with van der Waals surface area (Å²) in [5.74, 6) is -0.0366. The summed E-state index contributed by atoms with van der Waals surface area (Å²) in [5.41, 5.74) is 12.6. The van der Waals surface area contributed by atoms with Gasteiger partial charge < -0.3 is 16.4 Å². The van der Waals surface area contributed by atoms with Crippen LogP contribution >= 0.6 is 0 Å². The molecule has 0 unspecified atom stereocenters. The summed E-state index contributed by atoms with van der Waals surface area (Å²) in [4.78, 5) is 2.33. The molecular formula is C14H23N5. The first-order valence-electron chi connectivity index (χ1n) is 6.51. The molecule has 1 aromatic rings. The summed E-state index contributed by atoms with van der Waals surface area (Å²) in [6.07, 6.45) is 4.09. The molecule has 0 bridgehead atoms. The summed E-state index contributed by atoms with van der Waals surface area (Å²) in [7, 11) is 2.14. The molecule has 5 heteroatoms. The van der Waals surface area contributed by atoms with Gasteiger partial charge in [-0.1, -0.05) is 37.6 Å². The van der Waals surface area contributed by atoms with Crippen molar-refractivity contribution in [2.75, 3.05) is 13.6 Å². The van der Waals surface area contributed by atoms with E-state index < -0.39 is 0 Å². The summed E-state index contributed by atoms with van der Waals surface area (Å²) >= 11 is 0. The first-order chi connectivity index (χ1) is 9.11. The normalized spacial score (nSPS) is 11.1. The van der Waals surface area contributed by atoms with Crippen molar-refractivity contribution in [3.8, 4) is 0 Å². The molecule has 0 fully saturated rings. The molecule has 0 saturated carbocycles. The van der Waals surface area contributed by atoms with E-state index in [4.69, 9.17) is 11.5 Å². The highest BCUT2D eigenvalue weighted by Gasteiger charge is 1.99. The zero-order chi connectivity index (χ0) is 14.1. The van der Waals surface area contributed by atoms with Crippen LogP contribution in [-0.2, 0) is 6.54 Å². The van der Waals surface area contributed by atoms with Gasteiger partial charge in [-0.15, -0.1) is 5.10 Å². The van der Waals surface area contributed by atoms with Crippen LogP contribution in [0.4, 0.5) is 0 Å². The van der Waals surface area contributed by atoms with Crippen molar-refractivity contribution in [2.45, 2.75) is 26.3 Å². The fourth-order valence-electron chi connectivity index (χ4n) is 1.69. The highest BCUT2D eigenvalue weighted by Crippen LogP contribution is 2.06. The van der Waals surface area contributed by atoms with Crippen LogP contribution in [0, 0.1) is 0 Å². The van der Waals surface area contributed by atoms with Crippen LogP contribution in [0.15, 0.2) is 34.5 Å². The van der Waals surface area contributed by atoms with Crippen LogP contribution in [0.25, 0.3) is 0 Å². The molecule has 1 rings (SSSR count). The molecule has 0 aliphatic rings. The fourth-order valence-corrected chi connectivity index (χ4v) is 1.69. The Hall–Kier alpha value is -1.88. The summed E-state index contributed by atoms with van der Waals surface area (Å²) in [6.45, 7) is 4.30. The van der Waals surface area contributed by atoms with E-state index in [0.717, 1.165) is 18.7 Å². The molecule has 1 aromatic carbocycles. The number of guanidine groups is 1. The lowest BCUT2D eigenvalue weighted by molar-refractivity contribution is 0.321. The van der Waals surface area contributed by atoms with Gasteiger partial charge in [0.1, 0.15) is 0 Å². The molecule has 0 atom stereocenters. The third kappa shape index (κ3) is 6.57. The average Bonchev–Trinajstić information content (AvgIpc) is 2.38. The lowest BCUT2D eigenvalue weighted by Crippen LogP contribution is -2.21. The van der Waals surface area contributed by atoms with Crippen molar-refractivity contribution in [1.82, 2.24) is 4.90 Å². The van der Waals surface area contributed by atoms with Gasteiger partial charge in [-0.2, -0.15) is 5.10 Å². The second kappa shape index (κ2) is 8.26. The zero-order valence-corrected chi connectivity index (χ0v) is 11.7. The predicted octanol–water partition coefficient (Wildman–Crippen LogP) is 1.53. The lowest BCUT2D eigenvalue weighted by Gasteiger charge is -2.16. The van der Waals surface area contributed by atoms with Crippen LogP contribution in [-0.4, -0.2) is 30.7 Å². The maximum Gasteiger partial charge on any atom is 0.211 e. The number of rotatable bonds is 7. The monoisotopic (exact) mass is 261 g/mol. The summed E-state index contributed by atoms with van der Waals surface area (Å²) in [5, 5.41) is 7.33. The average molecular weight is 261 g/mol. The van der Waals surface area contributed by atoms with Crippen LogP contribution in [0.5, 0.6) is 0 Å². The van der Waals surface area contributed by atoms with Gasteiger partial charge in [0.15, 0.2) is 0 Å². The van der Waals surface area contributed by atoms with E-state index in [9.17, 15) is 0 Å².